The predicted octanol–water partition coefficient (Wildman–Crippen LogP) is 3.11. The minimum absolute atomic E-state index is 0.322. The van der Waals surface area contributed by atoms with Gasteiger partial charge >= 0.3 is 5.97 Å². The number of nitrogens with zero attached hydrogens (tertiary/aromatic N) is 4. The summed E-state index contributed by atoms with van der Waals surface area (Å²) in [6, 6.07) is 8.14. The second-order valence-electron chi connectivity index (χ2n) is 5.55. The molecule has 25 heavy (non-hydrogen) atoms. The standard InChI is InChI=1S/C18H20N4O2S/c1-4-13-6-8-14(9-7-13)10-15(17(23)24-5-2)16-11-25-18-20-19-12(3)22(18)21-16/h6-10H,4-5,11H2,1-3H3/b15-10-. The van der Waals surface area contributed by atoms with E-state index in [9.17, 15) is 4.79 Å². The lowest BCUT2D eigenvalue weighted by molar-refractivity contribution is -0.137. The first-order chi connectivity index (χ1) is 12.1. The zero-order chi connectivity index (χ0) is 17.8. The van der Waals surface area contributed by atoms with Crippen LogP contribution < -0.4 is 0 Å². The lowest BCUT2D eigenvalue weighted by Crippen LogP contribution is -2.21. The number of fused-ring (bicyclic) bond motifs is 1. The van der Waals surface area contributed by atoms with E-state index in [1.807, 2.05) is 25.1 Å². The SMILES string of the molecule is CCOC(=O)/C(=C\c1ccc(CC)cc1)C1=Nn2c(C)nnc2SC1. The van der Waals surface area contributed by atoms with E-state index in [4.69, 9.17) is 4.74 Å². The van der Waals surface area contributed by atoms with Gasteiger partial charge in [0.1, 0.15) is 0 Å². The van der Waals surface area contributed by atoms with Crippen LogP contribution in [0.1, 0.15) is 30.8 Å². The molecular formula is C18H20N4O2S. The molecule has 2 aromatic rings. The second kappa shape index (κ2) is 7.65. The molecule has 0 amide bonds. The van der Waals surface area contributed by atoms with Crippen molar-refractivity contribution >= 4 is 29.5 Å². The number of rotatable bonds is 5. The Kier molecular flexibility index (Phi) is 5.33. The maximum atomic E-state index is 12.5. The van der Waals surface area contributed by atoms with Crippen LogP contribution in [0.4, 0.5) is 0 Å². The molecule has 2 heterocycles. The van der Waals surface area contributed by atoms with Crippen molar-refractivity contribution in [2.45, 2.75) is 32.3 Å². The predicted molar refractivity (Wildman–Crippen MR) is 98.7 cm³/mol. The highest BCUT2D eigenvalue weighted by atomic mass is 32.2. The normalized spacial score (nSPS) is 14.0. The molecule has 0 N–H and O–H groups in total. The van der Waals surface area contributed by atoms with Crippen molar-refractivity contribution in [3.8, 4) is 0 Å². The first-order valence-corrected chi connectivity index (χ1v) is 9.21. The van der Waals surface area contributed by atoms with Gasteiger partial charge in [-0.25, -0.2) is 4.79 Å². The minimum Gasteiger partial charge on any atom is -0.462 e. The Hall–Kier alpha value is -2.41. The van der Waals surface area contributed by atoms with Crippen LogP contribution in [-0.4, -0.2) is 38.9 Å². The van der Waals surface area contributed by atoms with Gasteiger partial charge in [0.2, 0.25) is 5.16 Å². The maximum Gasteiger partial charge on any atom is 0.340 e. The zero-order valence-corrected chi connectivity index (χ0v) is 15.3. The van der Waals surface area contributed by atoms with Gasteiger partial charge in [0.15, 0.2) is 5.82 Å². The van der Waals surface area contributed by atoms with Crippen LogP contribution in [0.2, 0.25) is 0 Å². The van der Waals surface area contributed by atoms with Crippen LogP contribution in [0, 0.1) is 6.92 Å². The third kappa shape index (κ3) is 3.82. The Bertz CT molecular complexity index is 837. The minimum atomic E-state index is -0.365. The molecule has 1 aromatic carbocycles. The molecule has 0 aliphatic carbocycles. The van der Waals surface area contributed by atoms with Gasteiger partial charge in [-0.05, 0) is 37.5 Å². The lowest BCUT2D eigenvalue weighted by Gasteiger charge is -2.15. The van der Waals surface area contributed by atoms with Crippen molar-refractivity contribution in [1.29, 1.82) is 0 Å². The number of carbonyl (C=O) groups is 1. The highest BCUT2D eigenvalue weighted by Crippen LogP contribution is 2.25. The number of hydrogen-bond donors (Lipinski definition) is 0. The molecule has 0 saturated carbocycles. The van der Waals surface area contributed by atoms with E-state index in [1.54, 1.807) is 11.6 Å². The Labute approximate surface area is 151 Å². The van der Waals surface area contributed by atoms with Gasteiger partial charge < -0.3 is 4.74 Å². The molecule has 6 nitrogen and oxygen atoms in total. The summed E-state index contributed by atoms with van der Waals surface area (Å²) in [7, 11) is 0. The lowest BCUT2D eigenvalue weighted by atomic mass is 10.0. The summed E-state index contributed by atoms with van der Waals surface area (Å²) in [5, 5.41) is 13.4. The Morgan fingerprint density at radius 1 is 1.28 bits per heavy atom. The summed E-state index contributed by atoms with van der Waals surface area (Å²) >= 11 is 1.51. The Morgan fingerprint density at radius 2 is 2.04 bits per heavy atom. The summed E-state index contributed by atoms with van der Waals surface area (Å²) in [6.07, 6.45) is 2.81. The topological polar surface area (TPSA) is 69.4 Å². The van der Waals surface area contributed by atoms with Crippen LogP contribution in [0.25, 0.3) is 6.08 Å². The summed E-state index contributed by atoms with van der Waals surface area (Å²) in [5.74, 6) is 0.876. The van der Waals surface area contributed by atoms with Crippen LogP contribution in [0.3, 0.4) is 0 Å². The van der Waals surface area contributed by atoms with E-state index in [-0.39, 0.29) is 5.97 Å². The van der Waals surface area contributed by atoms with Gasteiger partial charge in [0.25, 0.3) is 0 Å². The van der Waals surface area contributed by atoms with Gasteiger partial charge in [-0.1, -0.05) is 43.0 Å². The van der Waals surface area contributed by atoms with Crippen LogP contribution in [0.15, 0.2) is 40.1 Å². The number of carbonyl (C=O) groups excluding carboxylic acids is 1. The first-order valence-electron chi connectivity index (χ1n) is 8.23. The fraction of sp³-hybridized carbons (Fsp3) is 0.333. The van der Waals surface area contributed by atoms with E-state index in [0.29, 0.717) is 29.5 Å². The summed E-state index contributed by atoms with van der Waals surface area (Å²) < 4.78 is 6.90. The first kappa shape index (κ1) is 17.4. The summed E-state index contributed by atoms with van der Waals surface area (Å²) in [5.41, 5.74) is 3.33. The molecule has 0 bridgehead atoms. The van der Waals surface area contributed by atoms with Gasteiger partial charge in [0, 0.05) is 5.75 Å². The zero-order valence-electron chi connectivity index (χ0n) is 14.5. The van der Waals surface area contributed by atoms with Crippen molar-refractivity contribution in [2.24, 2.45) is 5.10 Å². The van der Waals surface area contributed by atoms with Crippen molar-refractivity contribution in [2.75, 3.05) is 12.4 Å². The maximum absolute atomic E-state index is 12.5. The van der Waals surface area contributed by atoms with E-state index in [0.717, 1.165) is 17.1 Å². The van der Waals surface area contributed by atoms with Gasteiger partial charge in [0.05, 0.1) is 17.9 Å². The molecule has 0 fully saturated rings. The molecule has 0 atom stereocenters. The van der Waals surface area contributed by atoms with Crippen LogP contribution >= 0.6 is 11.8 Å². The smallest absolute Gasteiger partial charge is 0.340 e. The summed E-state index contributed by atoms with van der Waals surface area (Å²) in [6.45, 7) is 6.07. The van der Waals surface area contributed by atoms with Crippen molar-refractivity contribution in [1.82, 2.24) is 14.9 Å². The number of esters is 1. The van der Waals surface area contributed by atoms with Gasteiger partial charge in [-0.2, -0.15) is 9.78 Å². The van der Waals surface area contributed by atoms with E-state index in [2.05, 4.69) is 34.4 Å². The largest absolute Gasteiger partial charge is 0.462 e. The van der Waals surface area contributed by atoms with E-state index < -0.39 is 0 Å². The van der Waals surface area contributed by atoms with Crippen LogP contribution in [-0.2, 0) is 16.0 Å². The summed E-state index contributed by atoms with van der Waals surface area (Å²) in [4.78, 5) is 12.5. The molecular weight excluding hydrogens is 336 g/mol. The number of aromatic nitrogens is 3. The fourth-order valence-electron chi connectivity index (χ4n) is 2.44. The quantitative estimate of drug-likeness (QED) is 0.608. The molecule has 1 aliphatic rings. The molecule has 0 spiro atoms. The molecule has 1 aromatic heterocycles. The molecule has 1 aliphatic heterocycles. The van der Waals surface area contributed by atoms with Gasteiger partial charge in [-0.15, -0.1) is 10.2 Å². The highest BCUT2D eigenvalue weighted by molar-refractivity contribution is 7.99. The molecule has 130 valence electrons. The second-order valence-corrected chi connectivity index (χ2v) is 6.49. The monoisotopic (exact) mass is 356 g/mol. The molecule has 3 rings (SSSR count). The van der Waals surface area contributed by atoms with Crippen molar-refractivity contribution in [3.05, 3.63) is 46.8 Å². The Balaban J connectivity index is 2.00. The third-order valence-corrected chi connectivity index (χ3v) is 4.76. The van der Waals surface area contributed by atoms with Crippen molar-refractivity contribution in [3.63, 3.8) is 0 Å². The number of benzene rings is 1. The number of ether oxygens (including phenoxy) is 1. The molecule has 0 unspecified atom stereocenters. The van der Waals surface area contributed by atoms with E-state index in [1.165, 1.54) is 17.3 Å². The third-order valence-electron chi connectivity index (χ3n) is 3.83. The molecule has 7 heteroatoms. The Morgan fingerprint density at radius 3 is 2.72 bits per heavy atom. The van der Waals surface area contributed by atoms with Gasteiger partial charge in [-0.3, -0.25) is 0 Å². The number of thioether (sulfide) groups is 1. The van der Waals surface area contributed by atoms with Crippen LogP contribution in [0.5, 0.6) is 0 Å². The molecule has 0 radical (unpaired) electrons. The average molecular weight is 356 g/mol. The average Bonchev–Trinajstić information content (AvgIpc) is 3.01. The fourth-order valence-corrected chi connectivity index (χ4v) is 3.32. The molecule has 0 saturated heterocycles. The van der Waals surface area contributed by atoms with Crippen molar-refractivity contribution < 1.29 is 9.53 Å². The van der Waals surface area contributed by atoms with E-state index >= 15 is 0 Å². The highest BCUT2D eigenvalue weighted by Gasteiger charge is 2.24. The number of hydrogen-bond acceptors (Lipinski definition) is 6. The number of aryl methyl sites for hydroxylation is 2.